The van der Waals surface area contributed by atoms with Crippen molar-refractivity contribution in [3.8, 4) is 29.1 Å². The van der Waals surface area contributed by atoms with Gasteiger partial charge >= 0.3 is 0 Å². The largest absolute Gasteiger partial charge is 0.456 e. The Labute approximate surface area is 202 Å². The summed E-state index contributed by atoms with van der Waals surface area (Å²) in [4.78, 5) is 12.3. The molecular weight excluding hydrogens is 456 g/mol. The van der Waals surface area contributed by atoms with Gasteiger partial charge in [0.25, 0.3) is 6.01 Å². The number of nitrogens with one attached hydrogen (secondary N) is 1. The Morgan fingerprint density at radius 3 is 2.71 bits per heavy atom. The number of aliphatic hydroxyl groups is 1. The number of halogens is 1. The van der Waals surface area contributed by atoms with Crippen molar-refractivity contribution in [3.05, 3.63) is 40.9 Å². The molecule has 8 nitrogen and oxygen atoms in total. The summed E-state index contributed by atoms with van der Waals surface area (Å²) in [5.41, 5.74) is 3.73. The minimum Gasteiger partial charge on any atom is -0.456 e. The zero-order valence-electron chi connectivity index (χ0n) is 18.5. The van der Waals surface area contributed by atoms with Gasteiger partial charge in [-0.1, -0.05) is 35.6 Å². The molecule has 0 radical (unpaired) electrons. The minimum atomic E-state index is -0.624. The third-order valence-corrected chi connectivity index (χ3v) is 6.96. The van der Waals surface area contributed by atoms with Crippen LogP contribution < -0.4 is 10.1 Å². The Morgan fingerprint density at radius 1 is 1.09 bits per heavy atom. The number of hydrogen-bond acceptors (Lipinski definition) is 6. The molecule has 3 aliphatic heterocycles. The fourth-order valence-corrected chi connectivity index (χ4v) is 5.07. The number of pyridine rings is 1. The van der Waals surface area contributed by atoms with E-state index in [4.69, 9.17) is 25.8 Å². The Balaban J connectivity index is 1.19. The van der Waals surface area contributed by atoms with Crippen molar-refractivity contribution in [2.75, 3.05) is 26.3 Å². The van der Waals surface area contributed by atoms with Gasteiger partial charge in [-0.15, -0.1) is 0 Å². The van der Waals surface area contributed by atoms with Gasteiger partial charge in [0, 0.05) is 29.9 Å². The Morgan fingerprint density at radius 2 is 1.88 bits per heavy atom. The lowest BCUT2D eigenvalue weighted by molar-refractivity contribution is -0.664. The topological polar surface area (TPSA) is 106 Å². The number of aromatic amines is 1. The second-order valence-electron chi connectivity index (χ2n) is 9.04. The average molecular weight is 482 g/mol. The number of aliphatic hydroxyl groups excluding tert-OH is 1. The fraction of sp³-hybridized carbons (Fsp3) is 0.440. The van der Waals surface area contributed by atoms with E-state index in [1.807, 2.05) is 24.3 Å². The quantitative estimate of drug-likeness (QED) is 0.490. The number of aromatic nitrogens is 3. The summed E-state index contributed by atoms with van der Waals surface area (Å²) in [6.07, 6.45) is 0.669. The summed E-state index contributed by atoms with van der Waals surface area (Å²) in [5, 5.41) is 12.8. The van der Waals surface area contributed by atoms with Crippen molar-refractivity contribution in [1.29, 1.82) is 0 Å². The van der Waals surface area contributed by atoms with Crippen LogP contribution in [0, 0.1) is 17.8 Å². The van der Waals surface area contributed by atoms with Crippen LogP contribution in [0.5, 0.6) is 6.01 Å². The van der Waals surface area contributed by atoms with Gasteiger partial charge in [-0.3, -0.25) is 0 Å². The molecule has 0 bridgehead atoms. The zero-order valence-corrected chi connectivity index (χ0v) is 19.3. The first-order valence-electron chi connectivity index (χ1n) is 11.7. The van der Waals surface area contributed by atoms with Crippen LogP contribution in [0.4, 0.5) is 0 Å². The number of nitrogens with two attached hydrogens (primary N) is 1. The lowest BCUT2D eigenvalue weighted by Crippen LogP contribution is -2.86. The predicted molar refractivity (Wildman–Crippen MR) is 125 cm³/mol. The lowest BCUT2D eigenvalue weighted by atomic mass is 9.98. The molecule has 5 heterocycles. The molecule has 9 heteroatoms. The Kier molecular flexibility index (Phi) is 5.89. The highest BCUT2D eigenvalue weighted by atomic mass is 35.5. The van der Waals surface area contributed by atoms with Gasteiger partial charge in [0.05, 0.1) is 42.5 Å². The molecule has 3 fully saturated rings. The zero-order chi connectivity index (χ0) is 23.1. The molecule has 0 saturated carbocycles. The number of rotatable bonds is 3. The van der Waals surface area contributed by atoms with Crippen molar-refractivity contribution >= 4 is 22.8 Å². The van der Waals surface area contributed by atoms with E-state index in [1.165, 1.54) is 0 Å². The van der Waals surface area contributed by atoms with E-state index < -0.39 is 6.10 Å². The minimum absolute atomic E-state index is 0.250. The van der Waals surface area contributed by atoms with Crippen LogP contribution in [0.25, 0.3) is 22.4 Å². The second-order valence-corrected chi connectivity index (χ2v) is 9.45. The molecule has 176 valence electrons. The van der Waals surface area contributed by atoms with Gasteiger partial charge in [0.2, 0.25) is 0 Å². The van der Waals surface area contributed by atoms with E-state index in [0.717, 1.165) is 37.1 Å². The number of benzene rings is 1. The van der Waals surface area contributed by atoms with Crippen LogP contribution in [-0.2, 0) is 9.47 Å². The van der Waals surface area contributed by atoms with E-state index in [0.29, 0.717) is 40.4 Å². The van der Waals surface area contributed by atoms with Crippen LogP contribution in [0.1, 0.15) is 18.4 Å². The molecule has 3 aromatic rings. The maximum absolute atomic E-state index is 9.91. The second kappa shape index (κ2) is 9.17. The highest BCUT2D eigenvalue weighted by Gasteiger charge is 2.48. The molecule has 0 spiro atoms. The van der Waals surface area contributed by atoms with Gasteiger partial charge in [0.15, 0.2) is 11.8 Å². The molecule has 0 amide bonds. The Hall–Kier alpha value is -2.67. The van der Waals surface area contributed by atoms with Crippen LogP contribution in [-0.4, -0.2) is 70.8 Å². The van der Waals surface area contributed by atoms with E-state index >= 15 is 0 Å². The smallest absolute Gasteiger partial charge is 0.296 e. The monoisotopic (exact) mass is 481 g/mol. The van der Waals surface area contributed by atoms with Gasteiger partial charge in [-0.2, -0.15) is 4.98 Å². The highest BCUT2D eigenvalue weighted by molar-refractivity contribution is 6.33. The summed E-state index contributed by atoms with van der Waals surface area (Å²) < 4.78 is 17.2. The van der Waals surface area contributed by atoms with E-state index in [-0.39, 0.29) is 24.9 Å². The summed E-state index contributed by atoms with van der Waals surface area (Å²) in [7, 11) is 0. The van der Waals surface area contributed by atoms with Crippen molar-refractivity contribution in [2.45, 2.75) is 37.3 Å². The maximum atomic E-state index is 9.91. The first-order chi connectivity index (χ1) is 16.6. The Bertz CT molecular complexity index is 1250. The molecule has 34 heavy (non-hydrogen) atoms. The molecule has 6 rings (SSSR count). The predicted octanol–water partition coefficient (Wildman–Crippen LogP) is 1.51. The first-order valence-corrected chi connectivity index (χ1v) is 12.1. The fourth-order valence-electron chi connectivity index (χ4n) is 4.81. The van der Waals surface area contributed by atoms with Gasteiger partial charge in [-0.05, 0) is 18.2 Å². The number of fused-ring (bicyclic) bond motifs is 2. The van der Waals surface area contributed by atoms with Crippen LogP contribution in [0.2, 0.25) is 5.02 Å². The first kappa shape index (κ1) is 21.8. The van der Waals surface area contributed by atoms with Crippen molar-refractivity contribution in [3.63, 3.8) is 0 Å². The molecule has 4 atom stereocenters. The van der Waals surface area contributed by atoms with Crippen molar-refractivity contribution in [1.82, 2.24) is 15.0 Å². The number of piperidine rings is 1. The lowest BCUT2D eigenvalue weighted by Gasteiger charge is -2.15. The molecule has 3 aliphatic rings. The molecule has 2 aromatic heterocycles. The van der Waals surface area contributed by atoms with E-state index in [9.17, 15) is 5.11 Å². The number of H-pyrrole nitrogens is 1. The third-order valence-electron chi connectivity index (χ3n) is 6.67. The molecule has 3 saturated heterocycles. The van der Waals surface area contributed by atoms with Gasteiger partial charge in [0.1, 0.15) is 18.3 Å². The number of nitrogens with zero attached hydrogens (tertiary/aromatic N) is 2. The highest BCUT2D eigenvalue weighted by Crippen LogP contribution is 2.32. The van der Waals surface area contributed by atoms with Crippen LogP contribution in [0.3, 0.4) is 0 Å². The standard InChI is InChI=1S/C25H25ClN4O4/c26-17-11-18-24(30-25(28-18)34-20-13-33-22-19(31)12-32-23(20)22)29-21(17)16-5-3-14(4-6-16)1-2-15-7-9-27-10-8-15/h3-6,11,15,19-20,22-23,27,31H,7-10,12-13H2,(H,28,29,30)/p+1/t19-,20-,22-,23-/m1/s1. The number of quaternary nitrogens is 1. The van der Waals surface area contributed by atoms with Crippen molar-refractivity contribution in [2.24, 2.45) is 5.92 Å². The van der Waals surface area contributed by atoms with Crippen molar-refractivity contribution < 1.29 is 24.6 Å². The average Bonchev–Trinajstić information content (AvgIpc) is 3.55. The van der Waals surface area contributed by atoms with E-state index in [2.05, 4.69) is 32.1 Å². The summed E-state index contributed by atoms with van der Waals surface area (Å²) in [5.74, 6) is 7.21. The summed E-state index contributed by atoms with van der Waals surface area (Å²) >= 11 is 6.56. The molecular formula is C25H26ClN4O4+. The van der Waals surface area contributed by atoms with Gasteiger partial charge in [-0.25, -0.2) is 4.98 Å². The number of hydrogen-bond donors (Lipinski definition) is 3. The third kappa shape index (κ3) is 4.26. The molecule has 0 aliphatic carbocycles. The normalized spacial score (nSPS) is 26.9. The summed E-state index contributed by atoms with van der Waals surface area (Å²) in [6.45, 7) is 2.91. The number of imidazole rings is 1. The molecule has 4 N–H and O–H groups in total. The SMILES string of the molecule is O[C@@H]1CO[C@H]2[C@@H]1OC[C@H]2Oc1nc2nc(-c3ccc(C#CC4CC[NH2+]CC4)cc3)c(Cl)cc2[nH]1. The van der Waals surface area contributed by atoms with Crippen LogP contribution in [0.15, 0.2) is 30.3 Å². The van der Waals surface area contributed by atoms with Gasteiger partial charge < -0.3 is 29.6 Å². The molecule has 1 aromatic carbocycles. The van der Waals surface area contributed by atoms with Crippen LogP contribution >= 0.6 is 11.6 Å². The summed E-state index contributed by atoms with van der Waals surface area (Å²) in [6, 6.07) is 10.1. The van der Waals surface area contributed by atoms with E-state index in [1.54, 1.807) is 6.07 Å². The maximum Gasteiger partial charge on any atom is 0.296 e. The number of ether oxygens (including phenoxy) is 3. The molecule has 0 unspecified atom stereocenters.